The minimum Gasteiger partial charge on any atom is -0.466 e. The van der Waals surface area contributed by atoms with E-state index in [1.807, 2.05) is 0 Å². The van der Waals surface area contributed by atoms with Crippen LogP contribution in [0, 0.1) is 17.7 Å². The summed E-state index contributed by atoms with van der Waals surface area (Å²) in [6.45, 7) is 1.71. The zero-order chi connectivity index (χ0) is 15.7. The summed E-state index contributed by atoms with van der Waals surface area (Å²) in [5.74, 6) is 3.18. The summed E-state index contributed by atoms with van der Waals surface area (Å²) in [6.07, 6.45) is 0.0290. The number of carbonyl (C=O) groups excluding carboxylic acids is 2. The van der Waals surface area contributed by atoms with Crippen molar-refractivity contribution in [3.63, 3.8) is 0 Å². The fourth-order valence-electron chi connectivity index (χ4n) is 1.53. The Morgan fingerprint density at radius 1 is 1.43 bits per heavy atom. The van der Waals surface area contributed by atoms with E-state index < -0.39 is 17.7 Å². The van der Waals surface area contributed by atoms with Gasteiger partial charge in [-0.15, -0.1) is 0 Å². The van der Waals surface area contributed by atoms with E-state index in [2.05, 4.69) is 17.2 Å². The van der Waals surface area contributed by atoms with Crippen molar-refractivity contribution in [2.24, 2.45) is 0 Å². The highest BCUT2D eigenvalue weighted by Crippen LogP contribution is 2.09. The lowest BCUT2D eigenvalue weighted by atomic mass is 10.1. The van der Waals surface area contributed by atoms with E-state index in [1.54, 1.807) is 6.92 Å². The zero-order valence-electron chi connectivity index (χ0n) is 11.6. The number of amides is 1. The first kappa shape index (κ1) is 16.7. The van der Waals surface area contributed by atoms with Crippen molar-refractivity contribution in [2.75, 3.05) is 19.8 Å². The molecule has 0 unspecified atom stereocenters. The second kappa shape index (κ2) is 8.72. The molecule has 0 spiro atoms. The van der Waals surface area contributed by atoms with Gasteiger partial charge in [-0.1, -0.05) is 11.8 Å². The number of aliphatic hydroxyl groups excluding tert-OH is 1. The molecular formula is C15H16FNO4. The molecule has 5 nitrogen and oxygen atoms in total. The lowest BCUT2D eigenvalue weighted by Crippen LogP contribution is -2.27. The first-order chi connectivity index (χ1) is 10.1. The molecule has 1 aromatic rings. The third kappa shape index (κ3) is 5.63. The van der Waals surface area contributed by atoms with Crippen molar-refractivity contribution in [3.05, 3.63) is 35.1 Å². The molecule has 1 rings (SSSR count). The molecule has 1 amide bonds. The van der Waals surface area contributed by atoms with E-state index in [4.69, 9.17) is 9.84 Å². The van der Waals surface area contributed by atoms with Crippen LogP contribution < -0.4 is 5.32 Å². The third-order valence-corrected chi connectivity index (χ3v) is 2.45. The van der Waals surface area contributed by atoms with E-state index in [0.29, 0.717) is 5.56 Å². The number of nitrogens with one attached hydrogen (secondary N) is 1. The molecule has 6 heteroatoms. The summed E-state index contributed by atoms with van der Waals surface area (Å²) < 4.78 is 18.5. The Morgan fingerprint density at radius 2 is 2.19 bits per heavy atom. The molecule has 0 aromatic heterocycles. The van der Waals surface area contributed by atoms with Crippen molar-refractivity contribution in [1.82, 2.24) is 5.32 Å². The predicted octanol–water partition coefficient (Wildman–Crippen LogP) is 0.853. The minimum absolute atomic E-state index is 0.0290. The van der Waals surface area contributed by atoms with Gasteiger partial charge >= 0.3 is 5.97 Å². The predicted molar refractivity (Wildman–Crippen MR) is 73.9 cm³/mol. The molecule has 0 saturated heterocycles. The standard InChI is InChI=1S/C15H16FNO4/c1-2-21-14(19)7-8-17-15(20)12-6-5-11(4-3-9-18)10-13(12)16/h5-6,10,18H,2,7-9H2,1H3,(H,17,20). The van der Waals surface area contributed by atoms with Crippen LogP contribution in [0.25, 0.3) is 0 Å². The van der Waals surface area contributed by atoms with Crippen LogP contribution in [-0.2, 0) is 9.53 Å². The number of carbonyl (C=O) groups is 2. The molecule has 0 saturated carbocycles. The van der Waals surface area contributed by atoms with Crippen LogP contribution in [0.3, 0.4) is 0 Å². The summed E-state index contributed by atoms with van der Waals surface area (Å²) in [7, 11) is 0. The molecule has 0 aliphatic rings. The Morgan fingerprint density at radius 3 is 2.81 bits per heavy atom. The highest BCUT2D eigenvalue weighted by Gasteiger charge is 2.12. The van der Waals surface area contributed by atoms with Crippen LogP contribution in [-0.4, -0.2) is 36.7 Å². The third-order valence-electron chi connectivity index (χ3n) is 2.45. The average molecular weight is 293 g/mol. The number of hydrogen-bond donors (Lipinski definition) is 2. The van der Waals surface area contributed by atoms with Gasteiger partial charge in [-0.05, 0) is 25.1 Å². The molecule has 0 atom stereocenters. The topological polar surface area (TPSA) is 75.6 Å². The van der Waals surface area contributed by atoms with Gasteiger partial charge in [0.25, 0.3) is 5.91 Å². The van der Waals surface area contributed by atoms with Crippen molar-refractivity contribution < 1.29 is 23.8 Å². The van der Waals surface area contributed by atoms with Crippen LogP contribution >= 0.6 is 0 Å². The van der Waals surface area contributed by atoms with Crippen molar-refractivity contribution in [2.45, 2.75) is 13.3 Å². The Balaban J connectivity index is 2.60. The van der Waals surface area contributed by atoms with Gasteiger partial charge in [0.05, 0.1) is 18.6 Å². The molecule has 0 heterocycles. The van der Waals surface area contributed by atoms with Gasteiger partial charge in [0.1, 0.15) is 12.4 Å². The molecule has 21 heavy (non-hydrogen) atoms. The molecule has 112 valence electrons. The number of benzene rings is 1. The normalized spacial score (nSPS) is 9.48. The van der Waals surface area contributed by atoms with Crippen LogP contribution in [0.1, 0.15) is 29.3 Å². The molecular weight excluding hydrogens is 277 g/mol. The maximum absolute atomic E-state index is 13.8. The van der Waals surface area contributed by atoms with Crippen LogP contribution in [0.4, 0.5) is 4.39 Å². The van der Waals surface area contributed by atoms with E-state index in [0.717, 1.165) is 6.07 Å². The minimum atomic E-state index is -0.714. The summed E-state index contributed by atoms with van der Waals surface area (Å²) in [6, 6.07) is 3.89. The summed E-state index contributed by atoms with van der Waals surface area (Å²) in [5.41, 5.74) is 0.234. The monoisotopic (exact) mass is 293 g/mol. The van der Waals surface area contributed by atoms with Gasteiger partial charge in [-0.2, -0.15) is 0 Å². The Hall–Kier alpha value is -2.39. The van der Waals surface area contributed by atoms with Gasteiger partial charge < -0.3 is 15.2 Å². The quantitative estimate of drug-likeness (QED) is 0.623. The number of halogens is 1. The maximum Gasteiger partial charge on any atom is 0.307 e. The molecule has 0 aliphatic carbocycles. The number of ether oxygens (including phenoxy) is 1. The van der Waals surface area contributed by atoms with E-state index >= 15 is 0 Å². The fraction of sp³-hybridized carbons (Fsp3) is 0.333. The highest BCUT2D eigenvalue weighted by atomic mass is 19.1. The first-order valence-electron chi connectivity index (χ1n) is 6.41. The lowest BCUT2D eigenvalue weighted by molar-refractivity contribution is -0.142. The SMILES string of the molecule is CCOC(=O)CCNC(=O)c1ccc(C#CCO)cc1F. The van der Waals surface area contributed by atoms with Crippen LogP contribution in [0.5, 0.6) is 0 Å². The Kier molecular flexibility index (Phi) is 6.92. The van der Waals surface area contributed by atoms with Crippen molar-refractivity contribution in [1.29, 1.82) is 0 Å². The molecule has 0 aliphatic heterocycles. The van der Waals surface area contributed by atoms with Gasteiger partial charge in [0.15, 0.2) is 0 Å². The lowest BCUT2D eigenvalue weighted by Gasteiger charge is -2.06. The van der Waals surface area contributed by atoms with E-state index in [-0.39, 0.29) is 31.7 Å². The van der Waals surface area contributed by atoms with Gasteiger partial charge in [0.2, 0.25) is 0 Å². The summed E-state index contributed by atoms with van der Waals surface area (Å²) >= 11 is 0. The summed E-state index contributed by atoms with van der Waals surface area (Å²) in [4.78, 5) is 22.8. The largest absolute Gasteiger partial charge is 0.466 e. The van der Waals surface area contributed by atoms with Gasteiger partial charge in [-0.3, -0.25) is 9.59 Å². The Labute approximate surface area is 122 Å². The summed E-state index contributed by atoms with van der Waals surface area (Å²) in [5, 5.41) is 11.0. The van der Waals surface area contributed by atoms with E-state index in [9.17, 15) is 14.0 Å². The smallest absolute Gasteiger partial charge is 0.307 e. The molecule has 0 radical (unpaired) electrons. The van der Waals surface area contributed by atoms with Gasteiger partial charge in [0, 0.05) is 12.1 Å². The number of esters is 1. The first-order valence-corrected chi connectivity index (χ1v) is 6.41. The molecule has 1 aromatic carbocycles. The fourth-order valence-corrected chi connectivity index (χ4v) is 1.53. The van der Waals surface area contributed by atoms with Crippen molar-refractivity contribution in [3.8, 4) is 11.8 Å². The number of hydrogen-bond acceptors (Lipinski definition) is 4. The van der Waals surface area contributed by atoms with Crippen LogP contribution in [0.15, 0.2) is 18.2 Å². The number of rotatable bonds is 5. The highest BCUT2D eigenvalue weighted by molar-refractivity contribution is 5.94. The molecule has 0 bridgehead atoms. The zero-order valence-corrected chi connectivity index (χ0v) is 11.6. The van der Waals surface area contributed by atoms with Gasteiger partial charge in [-0.25, -0.2) is 4.39 Å². The maximum atomic E-state index is 13.8. The molecule has 0 fully saturated rings. The van der Waals surface area contributed by atoms with Crippen LogP contribution in [0.2, 0.25) is 0 Å². The Bertz CT molecular complexity index is 575. The van der Waals surface area contributed by atoms with E-state index in [1.165, 1.54) is 12.1 Å². The molecule has 2 N–H and O–H groups in total. The average Bonchev–Trinajstić information content (AvgIpc) is 2.45. The number of aliphatic hydroxyl groups is 1. The second-order valence-corrected chi connectivity index (χ2v) is 3.97. The van der Waals surface area contributed by atoms with Crippen molar-refractivity contribution >= 4 is 11.9 Å². The second-order valence-electron chi connectivity index (χ2n) is 3.97.